The number of guanidine groups is 1. The van der Waals surface area contributed by atoms with E-state index >= 15 is 0 Å². The molecule has 1 fully saturated rings. The summed E-state index contributed by atoms with van der Waals surface area (Å²) in [5, 5.41) is 8.73. The van der Waals surface area contributed by atoms with Crippen LogP contribution in [0.5, 0.6) is 0 Å². The van der Waals surface area contributed by atoms with Gasteiger partial charge >= 0.3 is 0 Å². The van der Waals surface area contributed by atoms with Gasteiger partial charge < -0.3 is 5.73 Å². The van der Waals surface area contributed by atoms with Crippen LogP contribution < -0.4 is 5.73 Å². The van der Waals surface area contributed by atoms with Crippen LogP contribution in [0.2, 0.25) is 5.02 Å². The van der Waals surface area contributed by atoms with E-state index in [2.05, 4.69) is 29.9 Å². The van der Waals surface area contributed by atoms with Gasteiger partial charge in [0.2, 0.25) is 5.91 Å². The number of fused-ring (bicyclic) bond motifs is 1. The minimum atomic E-state index is -0.371. The van der Waals surface area contributed by atoms with Crippen molar-refractivity contribution >= 4 is 23.5 Å². The summed E-state index contributed by atoms with van der Waals surface area (Å²) < 4.78 is 0. The zero-order chi connectivity index (χ0) is 21.5. The predicted molar refractivity (Wildman–Crippen MR) is 117 cm³/mol. The number of rotatable bonds is 3. The molecule has 3 N–H and O–H groups in total. The van der Waals surface area contributed by atoms with E-state index in [1.165, 1.54) is 16.9 Å². The van der Waals surface area contributed by atoms with Crippen molar-refractivity contribution in [2.45, 2.75) is 52.0 Å². The third kappa shape index (κ3) is 3.81. The molecule has 7 heteroatoms. The Bertz CT molecular complexity index is 953. The van der Waals surface area contributed by atoms with E-state index in [4.69, 9.17) is 22.7 Å². The molecule has 3 unspecified atom stereocenters. The minimum absolute atomic E-state index is 0.0859. The van der Waals surface area contributed by atoms with Gasteiger partial charge in [-0.25, -0.2) is 9.97 Å². The number of nitrogens with one attached hydrogen (secondary N) is 1. The van der Waals surface area contributed by atoms with Gasteiger partial charge in [0.15, 0.2) is 5.96 Å². The van der Waals surface area contributed by atoms with Gasteiger partial charge in [-0.2, -0.15) is 0 Å². The van der Waals surface area contributed by atoms with Crippen molar-refractivity contribution in [2.24, 2.45) is 23.0 Å². The molecule has 4 rings (SSSR count). The summed E-state index contributed by atoms with van der Waals surface area (Å²) in [5.74, 6) is 0.732. The van der Waals surface area contributed by atoms with E-state index in [1.807, 2.05) is 12.1 Å². The number of aromatic nitrogens is 2. The number of nitrogens with zero attached hydrogens (tertiary/aromatic N) is 3. The molecule has 1 aromatic heterocycles. The first-order chi connectivity index (χ1) is 14.3. The molecule has 1 aromatic carbocycles. The van der Waals surface area contributed by atoms with Crippen LogP contribution in [-0.4, -0.2) is 26.7 Å². The second kappa shape index (κ2) is 7.99. The Balaban J connectivity index is 1.76. The van der Waals surface area contributed by atoms with Crippen molar-refractivity contribution in [3.8, 4) is 0 Å². The lowest BCUT2D eigenvalue weighted by Crippen LogP contribution is -2.48. The highest BCUT2D eigenvalue weighted by molar-refractivity contribution is 6.30. The molecule has 0 radical (unpaired) electrons. The molecule has 158 valence electrons. The molecular weight excluding hydrogens is 398 g/mol. The van der Waals surface area contributed by atoms with Crippen LogP contribution >= 0.6 is 11.6 Å². The molecule has 1 spiro atoms. The second-order valence-corrected chi connectivity index (χ2v) is 9.58. The first-order valence-electron chi connectivity index (χ1n) is 10.5. The fourth-order valence-corrected chi connectivity index (χ4v) is 6.08. The van der Waals surface area contributed by atoms with Crippen LogP contribution in [0.4, 0.5) is 0 Å². The van der Waals surface area contributed by atoms with Crippen LogP contribution in [0.15, 0.2) is 36.7 Å². The van der Waals surface area contributed by atoms with Crippen molar-refractivity contribution in [2.75, 3.05) is 0 Å². The van der Waals surface area contributed by atoms with Crippen LogP contribution in [0.25, 0.3) is 0 Å². The average Bonchev–Trinajstić information content (AvgIpc) is 2.96. The van der Waals surface area contributed by atoms with Gasteiger partial charge in [-0.05, 0) is 72.3 Å². The van der Waals surface area contributed by atoms with E-state index < -0.39 is 0 Å². The minimum Gasteiger partial charge on any atom is -0.370 e. The number of hydrogen-bond acceptors (Lipinski definition) is 4. The quantitative estimate of drug-likeness (QED) is 0.570. The van der Waals surface area contributed by atoms with Crippen LogP contribution in [-0.2, 0) is 17.8 Å². The highest BCUT2D eigenvalue weighted by Crippen LogP contribution is 2.58. The average molecular weight is 426 g/mol. The fraction of sp³-hybridized carbons (Fsp3) is 0.478. The first kappa shape index (κ1) is 20.8. The highest BCUT2D eigenvalue weighted by atomic mass is 35.5. The Hall–Kier alpha value is -2.47. The summed E-state index contributed by atoms with van der Waals surface area (Å²) >= 11 is 6.34. The highest BCUT2D eigenvalue weighted by Gasteiger charge is 2.53. The number of nitrogens with two attached hydrogens (primary N) is 1. The van der Waals surface area contributed by atoms with Crippen LogP contribution in [0.3, 0.4) is 0 Å². The van der Waals surface area contributed by atoms with E-state index in [0.29, 0.717) is 22.7 Å². The number of carbonyl (C=O) groups is 1. The molecule has 6 nitrogen and oxygen atoms in total. The SMILES string of the molecule is CC1CC(C)CC2(Cc3ccc(Cl)cc3C2C(=O)N(Cc2ncccn2)C(=N)N)C1. The van der Waals surface area contributed by atoms with Gasteiger partial charge in [-0.3, -0.25) is 15.1 Å². The molecule has 2 aliphatic rings. The van der Waals surface area contributed by atoms with Crippen molar-refractivity contribution in [1.82, 2.24) is 14.9 Å². The number of benzene rings is 1. The summed E-state index contributed by atoms with van der Waals surface area (Å²) in [7, 11) is 0. The summed E-state index contributed by atoms with van der Waals surface area (Å²) in [6.45, 7) is 4.63. The van der Waals surface area contributed by atoms with Gasteiger partial charge in [-0.1, -0.05) is 31.5 Å². The maximum atomic E-state index is 14.0. The Morgan fingerprint density at radius 3 is 2.57 bits per heavy atom. The Morgan fingerprint density at radius 1 is 1.27 bits per heavy atom. The molecule has 1 heterocycles. The van der Waals surface area contributed by atoms with Crippen molar-refractivity contribution in [1.29, 1.82) is 5.41 Å². The molecule has 2 aliphatic carbocycles. The smallest absolute Gasteiger partial charge is 0.237 e. The molecule has 0 bridgehead atoms. The molecule has 2 aromatic rings. The predicted octanol–water partition coefficient (Wildman–Crippen LogP) is 4.13. The molecule has 0 saturated heterocycles. The van der Waals surface area contributed by atoms with Crippen molar-refractivity contribution in [3.05, 3.63) is 58.6 Å². The monoisotopic (exact) mass is 425 g/mol. The maximum Gasteiger partial charge on any atom is 0.237 e. The number of hydrogen-bond donors (Lipinski definition) is 2. The zero-order valence-corrected chi connectivity index (χ0v) is 18.2. The van der Waals surface area contributed by atoms with E-state index in [9.17, 15) is 4.79 Å². The molecule has 3 atom stereocenters. The van der Waals surface area contributed by atoms with Gasteiger partial charge in [0, 0.05) is 17.4 Å². The van der Waals surface area contributed by atoms with Gasteiger partial charge in [0.05, 0.1) is 12.5 Å². The lowest BCUT2D eigenvalue weighted by atomic mass is 9.60. The third-order valence-electron chi connectivity index (χ3n) is 6.61. The third-order valence-corrected chi connectivity index (χ3v) is 6.85. The van der Waals surface area contributed by atoms with E-state index in [-0.39, 0.29) is 29.7 Å². The number of carbonyl (C=O) groups excluding carboxylic acids is 1. The molecule has 30 heavy (non-hydrogen) atoms. The first-order valence-corrected chi connectivity index (χ1v) is 10.9. The lowest BCUT2D eigenvalue weighted by Gasteiger charge is -2.45. The van der Waals surface area contributed by atoms with Crippen molar-refractivity contribution < 1.29 is 4.79 Å². The van der Waals surface area contributed by atoms with E-state index in [1.54, 1.807) is 18.5 Å². The fourth-order valence-electron chi connectivity index (χ4n) is 5.90. The second-order valence-electron chi connectivity index (χ2n) is 9.14. The largest absolute Gasteiger partial charge is 0.370 e. The standard InChI is InChI=1S/C23H28ClN5O/c1-14-8-15(2)11-23(10-14)12-16-4-5-17(24)9-18(16)20(23)21(30)29(22(25)26)13-19-27-6-3-7-28-19/h3-7,9,14-15,20H,8,10-13H2,1-2H3,(H3,25,26). The summed E-state index contributed by atoms with van der Waals surface area (Å²) in [6.07, 6.45) is 7.25. The summed E-state index contributed by atoms with van der Waals surface area (Å²) in [6, 6.07) is 7.60. The van der Waals surface area contributed by atoms with Gasteiger partial charge in [-0.15, -0.1) is 0 Å². The summed E-state index contributed by atoms with van der Waals surface area (Å²) in [5.41, 5.74) is 7.87. The Morgan fingerprint density at radius 2 is 1.93 bits per heavy atom. The Labute approximate surface area is 182 Å². The summed E-state index contributed by atoms with van der Waals surface area (Å²) in [4.78, 5) is 23.7. The van der Waals surface area contributed by atoms with Gasteiger partial charge in [0.1, 0.15) is 5.82 Å². The van der Waals surface area contributed by atoms with E-state index in [0.717, 1.165) is 24.8 Å². The molecule has 0 aliphatic heterocycles. The van der Waals surface area contributed by atoms with Gasteiger partial charge in [0.25, 0.3) is 0 Å². The topological polar surface area (TPSA) is 96.0 Å². The lowest BCUT2D eigenvalue weighted by molar-refractivity contribution is -0.133. The molecule has 1 amide bonds. The number of amides is 1. The molecule has 1 saturated carbocycles. The Kier molecular flexibility index (Phi) is 5.53. The zero-order valence-electron chi connectivity index (χ0n) is 17.4. The van der Waals surface area contributed by atoms with Crippen LogP contribution in [0.1, 0.15) is 56.0 Å². The van der Waals surface area contributed by atoms with Crippen molar-refractivity contribution in [3.63, 3.8) is 0 Å². The number of halogens is 1. The normalized spacial score (nSPS) is 27.6. The van der Waals surface area contributed by atoms with Crippen LogP contribution in [0, 0.1) is 22.7 Å². The molecular formula is C23H28ClN5O. The maximum absolute atomic E-state index is 14.0.